The van der Waals surface area contributed by atoms with Gasteiger partial charge in [-0.25, -0.2) is 9.97 Å². The molecule has 76 valence electrons. The molecule has 0 spiro atoms. The molecular formula is C11H17N3. The van der Waals surface area contributed by atoms with Crippen molar-refractivity contribution in [3.05, 3.63) is 18.5 Å². The van der Waals surface area contributed by atoms with E-state index in [0.29, 0.717) is 6.04 Å². The van der Waals surface area contributed by atoms with Crippen LogP contribution in [0.5, 0.6) is 0 Å². The second kappa shape index (κ2) is 4.40. The second-order valence-electron chi connectivity index (χ2n) is 4.05. The lowest BCUT2D eigenvalue weighted by Crippen LogP contribution is -2.24. The first-order valence-corrected chi connectivity index (χ1v) is 5.40. The first-order chi connectivity index (χ1) is 6.86. The molecule has 0 aliphatic heterocycles. The van der Waals surface area contributed by atoms with E-state index in [2.05, 4.69) is 22.2 Å². The van der Waals surface area contributed by atoms with E-state index in [-0.39, 0.29) is 0 Å². The maximum Gasteiger partial charge on any atom is 0.222 e. The zero-order valence-electron chi connectivity index (χ0n) is 8.61. The molecule has 1 saturated carbocycles. The van der Waals surface area contributed by atoms with Crippen LogP contribution in [0.3, 0.4) is 0 Å². The monoisotopic (exact) mass is 191 g/mol. The number of nitrogens with one attached hydrogen (secondary N) is 1. The highest BCUT2D eigenvalue weighted by Gasteiger charge is 2.21. The zero-order valence-corrected chi connectivity index (χ0v) is 8.61. The molecule has 0 aromatic carbocycles. The molecule has 2 rings (SSSR count). The summed E-state index contributed by atoms with van der Waals surface area (Å²) in [5, 5.41) is 3.36. The van der Waals surface area contributed by atoms with Crippen molar-refractivity contribution in [3.8, 4) is 0 Å². The van der Waals surface area contributed by atoms with E-state index in [4.69, 9.17) is 0 Å². The first-order valence-electron chi connectivity index (χ1n) is 5.40. The Kier molecular flexibility index (Phi) is 2.96. The SMILES string of the molecule is CC(Nc1ncccn1)C1CCCC1. The highest BCUT2D eigenvalue weighted by molar-refractivity contribution is 5.24. The van der Waals surface area contributed by atoms with Crippen molar-refractivity contribution in [2.24, 2.45) is 5.92 Å². The van der Waals surface area contributed by atoms with Crippen molar-refractivity contribution >= 4 is 5.95 Å². The molecule has 14 heavy (non-hydrogen) atoms. The molecule has 1 fully saturated rings. The Balaban J connectivity index is 1.90. The predicted molar refractivity (Wildman–Crippen MR) is 57.1 cm³/mol. The Hall–Kier alpha value is -1.12. The van der Waals surface area contributed by atoms with Crippen molar-refractivity contribution < 1.29 is 0 Å². The lowest BCUT2D eigenvalue weighted by Gasteiger charge is -2.19. The molecular weight excluding hydrogens is 174 g/mol. The first kappa shape index (κ1) is 9.44. The minimum atomic E-state index is 0.500. The van der Waals surface area contributed by atoms with Gasteiger partial charge in [-0.15, -0.1) is 0 Å². The van der Waals surface area contributed by atoms with Gasteiger partial charge in [0, 0.05) is 18.4 Å². The van der Waals surface area contributed by atoms with Gasteiger partial charge in [-0.2, -0.15) is 0 Å². The molecule has 0 saturated heterocycles. The van der Waals surface area contributed by atoms with Crippen LogP contribution in [-0.4, -0.2) is 16.0 Å². The Labute approximate surface area is 85.0 Å². The van der Waals surface area contributed by atoms with Crippen LogP contribution in [0.1, 0.15) is 32.6 Å². The number of aromatic nitrogens is 2. The lowest BCUT2D eigenvalue weighted by atomic mass is 10.0. The number of hydrogen-bond donors (Lipinski definition) is 1. The molecule has 1 N–H and O–H groups in total. The van der Waals surface area contributed by atoms with E-state index in [1.54, 1.807) is 12.4 Å². The Bertz CT molecular complexity index is 267. The fourth-order valence-corrected chi connectivity index (χ4v) is 2.15. The summed E-state index contributed by atoms with van der Waals surface area (Å²) < 4.78 is 0. The minimum Gasteiger partial charge on any atom is -0.351 e. The molecule has 3 heteroatoms. The van der Waals surface area contributed by atoms with Gasteiger partial charge in [0.1, 0.15) is 0 Å². The van der Waals surface area contributed by atoms with Crippen LogP contribution in [-0.2, 0) is 0 Å². The zero-order chi connectivity index (χ0) is 9.80. The summed E-state index contributed by atoms with van der Waals surface area (Å²) in [5.74, 6) is 1.56. The maximum absolute atomic E-state index is 4.17. The third-order valence-electron chi connectivity index (χ3n) is 3.03. The van der Waals surface area contributed by atoms with Gasteiger partial charge in [-0.1, -0.05) is 12.8 Å². The number of nitrogens with zero attached hydrogens (tertiary/aromatic N) is 2. The summed E-state index contributed by atoms with van der Waals surface area (Å²) in [6.45, 7) is 2.23. The van der Waals surface area contributed by atoms with E-state index < -0.39 is 0 Å². The van der Waals surface area contributed by atoms with Gasteiger partial charge >= 0.3 is 0 Å². The number of anilines is 1. The third kappa shape index (κ3) is 2.22. The van der Waals surface area contributed by atoms with Crippen LogP contribution in [0.15, 0.2) is 18.5 Å². The molecule has 0 amide bonds. The summed E-state index contributed by atoms with van der Waals surface area (Å²) in [5.41, 5.74) is 0. The summed E-state index contributed by atoms with van der Waals surface area (Å²) in [6.07, 6.45) is 9.01. The Morgan fingerprint density at radius 2 is 1.93 bits per heavy atom. The molecule has 1 aromatic rings. The molecule has 1 heterocycles. The number of hydrogen-bond acceptors (Lipinski definition) is 3. The second-order valence-corrected chi connectivity index (χ2v) is 4.05. The molecule has 0 radical (unpaired) electrons. The fraction of sp³-hybridized carbons (Fsp3) is 0.636. The van der Waals surface area contributed by atoms with Crippen molar-refractivity contribution in [1.82, 2.24) is 9.97 Å². The summed E-state index contributed by atoms with van der Waals surface area (Å²) >= 11 is 0. The van der Waals surface area contributed by atoms with Crippen LogP contribution >= 0.6 is 0 Å². The smallest absolute Gasteiger partial charge is 0.222 e. The van der Waals surface area contributed by atoms with Crippen molar-refractivity contribution in [2.45, 2.75) is 38.6 Å². The standard InChI is InChI=1S/C11H17N3/c1-9(10-5-2-3-6-10)14-11-12-7-4-8-13-11/h4,7-10H,2-3,5-6H2,1H3,(H,12,13,14). The highest BCUT2D eigenvalue weighted by atomic mass is 15.1. The normalized spacial score (nSPS) is 19.5. The number of rotatable bonds is 3. The minimum absolute atomic E-state index is 0.500. The van der Waals surface area contributed by atoms with Gasteiger partial charge in [0.2, 0.25) is 5.95 Å². The van der Waals surface area contributed by atoms with Crippen molar-refractivity contribution in [2.75, 3.05) is 5.32 Å². The summed E-state index contributed by atoms with van der Waals surface area (Å²) in [7, 11) is 0. The van der Waals surface area contributed by atoms with Crippen molar-refractivity contribution in [1.29, 1.82) is 0 Å². The van der Waals surface area contributed by atoms with E-state index in [1.807, 2.05) is 6.07 Å². The van der Waals surface area contributed by atoms with Crippen LogP contribution in [0, 0.1) is 5.92 Å². The molecule has 1 atom stereocenters. The van der Waals surface area contributed by atoms with E-state index in [9.17, 15) is 0 Å². The summed E-state index contributed by atoms with van der Waals surface area (Å²) in [6, 6.07) is 2.34. The van der Waals surface area contributed by atoms with E-state index >= 15 is 0 Å². The van der Waals surface area contributed by atoms with Gasteiger partial charge in [0.05, 0.1) is 0 Å². The van der Waals surface area contributed by atoms with Gasteiger partial charge in [0.15, 0.2) is 0 Å². The average Bonchev–Trinajstić information content (AvgIpc) is 2.72. The molecule has 1 aromatic heterocycles. The maximum atomic E-state index is 4.17. The highest BCUT2D eigenvalue weighted by Crippen LogP contribution is 2.28. The summed E-state index contributed by atoms with van der Waals surface area (Å²) in [4.78, 5) is 8.34. The Morgan fingerprint density at radius 3 is 2.57 bits per heavy atom. The quantitative estimate of drug-likeness (QED) is 0.797. The van der Waals surface area contributed by atoms with Crippen LogP contribution in [0.4, 0.5) is 5.95 Å². The van der Waals surface area contributed by atoms with Gasteiger partial charge in [0.25, 0.3) is 0 Å². The van der Waals surface area contributed by atoms with E-state index in [1.165, 1.54) is 25.7 Å². The third-order valence-corrected chi connectivity index (χ3v) is 3.03. The molecule has 1 aliphatic rings. The lowest BCUT2D eigenvalue weighted by molar-refractivity contribution is 0.480. The Morgan fingerprint density at radius 1 is 1.29 bits per heavy atom. The molecule has 1 aliphatic carbocycles. The van der Waals surface area contributed by atoms with Crippen molar-refractivity contribution in [3.63, 3.8) is 0 Å². The fourth-order valence-electron chi connectivity index (χ4n) is 2.15. The largest absolute Gasteiger partial charge is 0.351 e. The topological polar surface area (TPSA) is 37.8 Å². The average molecular weight is 191 g/mol. The van der Waals surface area contributed by atoms with E-state index in [0.717, 1.165) is 11.9 Å². The van der Waals surface area contributed by atoms with Gasteiger partial charge < -0.3 is 5.32 Å². The molecule has 3 nitrogen and oxygen atoms in total. The van der Waals surface area contributed by atoms with Crippen LogP contribution in [0.2, 0.25) is 0 Å². The van der Waals surface area contributed by atoms with Crippen LogP contribution in [0.25, 0.3) is 0 Å². The predicted octanol–water partition coefficient (Wildman–Crippen LogP) is 2.47. The van der Waals surface area contributed by atoms with Crippen LogP contribution < -0.4 is 5.32 Å². The molecule has 1 unspecified atom stereocenters. The molecule has 0 bridgehead atoms. The van der Waals surface area contributed by atoms with Gasteiger partial charge in [-0.05, 0) is 31.7 Å². The van der Waals surface area contributed by atoms with Gasteiger partial charge in [-0.3, -0.25) is 0 Å².